The summed E-state index contributed by atoms with van der Waals surface area (Å²) >= 11 is 13.2. The molecule has 1 N–H and O–H groups in total. The van der Waals surface area contributed by atoms with Crippen LogP contribution < -0.4 is 5.32 Å². The third-order valence-corrected chi connectivity index (χ3v) is 7.11. The predicted molar refractivity (Wildman–Crippen MR) is 135 cm³/mol. The molecule has 204 valence electrons. The molecule has 0 atom stereocenters. The molecule has 0 radical (unpaired) electrons. The third kappa shape index (κ3) is 6.87. The molecule has 1 amide bonds. The molecule has 0 aliphatic heterocycles. The van der Waals surface area contributed by atoms with E-state index < -0.39 is 35.0 Å². The Morgan fingerprint density at radius 3 is 2.31 bits per heavy atom. The van der Waals surface area contributed by atoms with E-state index in [4.69, 9.17) is 23.2 Å². The predicted octanol–water partition coefficient (Wildman–Crippen LogP) is 7.83. The van der Waals surface area contributed by atoms with Crippen LogP contribution in [0.4, 0.5) is 26.3 Å². The number of nitrogens with one attached hydrogen (secondary N) is 1. The summed E-state index contributed by atoms with van der Waals surface area (Å²) in [6.45, 7) is -0.317. The number of rotatable bonds is 7. The smallest absolute Gasteiger partial charge is 0.345 e. The van der Waals surface area contributed by atoms with Crippen molar-refractivity contribution >= 4 is 40.9 Å². The Bertz CT molecular complexity index is 1510. The van der Waals surface area contributed by atoms with Gasteiger partial charge >= 0.3 is 12.4 Å². The molecule has 0 aliphatic rings. The van der Waals surface area contributed by atoms with Crippen molar-refractivity contribution in [1.29, 1.82) is 0 Å². The highest BCUT2D eigenvalue weighted by molar-refractivity contribution is 7.98. The normalized spacial score (nSPS) is 12.0. The average Bonchev–Trinajstić information content (AvgIpc) is 3.29. The molecule has 0 saturated heterocycles. The summed E-state index contributed by atoms with van der Waals surface area (Å²) in [5.74, 6) is -0.753. The van der Waals surface area contributed by atoms with Gasteiger partial charge in [-0.3, -0.25) is 9.36 Å². The van der Waals surface area contributed by atoms with Gasteiger partial charge in [-0.1, -0.05) is 65.3 Å². The largest absolute Gasteiger partial charge is 0.417 e. The molecule has 0 bridgehead atoms. The first kappa shape index (κ1) is 28.8. The second-order valence-corrected chi connectivity index (χ2v) is 9.80. The van der Waals surface area contributed by atoms with Crippen molar-refractivity contribution in [3.63, 3.8) is 0 Å². The molecular formula is C25H16Cl2F6N4OS. The zero-order valence-electron chi connectivity index (χ0n) is 19.4. The molecule has 0 unspecified atom stereocenters. The lowest BCUT2D eigenvalue weighted by Gasteiger charge is -2.14. The van der Waals surface area contributed by atoms with Gasteiger partial charge in [0.15, 0.2) is 11.0 Å². The van der Waals surface area contributed by atoms with Crippen LogP contribution in [0.15, 0.2) is 71.9 Å². The zero-order valence-corrected chi connectivity index (χ0v) is 21.8. The van der Waals surface area contributed by atoms with Crippen LogP contribution in [-0.4, -0.2) is 20.7 Å². The topological polar surface area (TPSA) is 59.8 Å². The molecule has 4 aromatic rings. The Hall–Kier alpha value is -3.22. The lowest BCUT2D eigenvalue weighted by molar-refractivity contribution is -0.138. The van der Waals surface area contributed by atoms with Crippen LogP contribution >= 0.6 is 35.0 Å². The van der Waals surface area contributed by atoms with Crippen LogP contribution in [0.2, 0.25) is 10.0 Å². The number of carbonyl (C=O) groups excluding carboxylic acids is 1. The molecule has 4 rings (SSSR count). The molecule has 1 heterocycles. The van der Waals surface area contributed by atoms with Crippen molar-refractivity contribution in [1.82, 2.24) is 20.1 Å². The fourth-order valence-electron chi connectivity index (χ4n) is 3.56. The van der Waals surface area contributed by atoms with Gasteiger partial charge in [0.25, 0.3) is 5.91 Å². The van der Waals surface area contributed by atoms with Crippen LogP contribution in [0.25, 0.3) is 5.69 Å². The number of nitrogens with zero attached hydrogens (tertiary/aromatic N) is 3. The quantitative estimate of drug-likeness (QED) is 0.172. The van der Waals surface area contributed by atoms with Gasteiger partial charge in [-0.25, -0.2) is 0 Å². The minimum Gasteiger partial charge on any atom is -0.345 e. The second kappa shape index (κ2) is 11.5. The Kier molecular flexibility index (Phi) is 8.48. The van der Waals surface area contributed by atoms with E-state index in [0.717, 1.165) is 36.0 Å². The van der Waals surface area contributed by atoms with E-state index in [1.54, 1.807) is 6.07 Å². The van der Waals surface area contributed by atoms with Crippen molar-refractivity contribution in [3.8, 4) is 5.69 Å². The third-order valence-electron chi connectivity index (χ3n) is 5.37. The molecule has 0 saturated carbocycles. The van der Waals surface area contributed by atoms with Crippen LogP contribution in [0, 0.1) is 0 Å². The average molecular weight is 605 g/mol. The van der Waals surface area contributed by atoms with Gasteiger partial charge in [0, 0.05) is 5.75 Å². The lowest BCUT2D eigenvalue weighted by atomic mass is 10.1. The van der Waals surface area contributed by atoms with Gasteiger partial charge in [0.1, 0.15) is 0 Å². The maximum Gasteiger partial charge on any atom is 0.417 e. The highest BCUT2D eigenvalue weighted by Gasteiger charge is 2.35. The molecule has 1 aromatic heterocycles. The fourth-order valence-corrected chi connectivity index (χ4v) is 4.77. The highest BCUT2D eigenvalue weighted by atomic mass is 35.5. The zero-order chi connectivity index (χ0) is 28.4. The summed E-state index contributed by atoms with van der Waals surface area (Å²) in [5, 5.41) is 11.2. The number of hydrogen-bond donors (Lipinski definition) is 1. The van der Waals surface area contributed by atoms with Crippen LogP contribution in [0.1, 0.15) is 32.9 Å². The first-order valence-electron chi connectivity index (χ1n) is 11.0. The van der Waals surface area contributed by atoms with Gasteiger partial charge in [-0.05, 0) is 42.0 Å². The van der Waals surface area contributed by atoms with E-state index >= 15 is 0 Å². The standard InChI is InChI=1S/C25H16Cl2F6N4OS/c26-19-9-8-16(11-20(19)27)37-21(12-34-22(38)17-6-1-2-7-18(17)25(31,32)33)35-36-23(37)39-13-14-4-3-5-15(10-14)24(28,29)30/h1-11H,12-13H2,(H,34,38). The van der Waals surface area contributed by atoms with Crippen molar-refractivity contribution in [3.05, 3.63) is 105 Å². The minimum absolute atomic E-state index is 0.0920. The Morgan fingerprint density at radius 2 is 1.62 bits per heavy atom. The Labute approximate surface area is 232 Å². The minimum atomic E-state index is -4.73. The monoisotopic (exact) mass is 604 g/mol. The van der Waals surface area contributed by atoms with E-state index in [2.05, 4.69) is 15.5 Å². The van der Waals surface area contributed by atoms with Gasteiger partial charge in [0.2, 0.25) is 0 Å². The van der Waals surface area contributed by atoms with Gasteiger partial charge in [0.05, 0.1) is 39.0 Å². The molecule has 0 fully saturated rings. The van der Waals surface area contributed by atoms with Crippen LogP contribution in [0.5, 0.6) is 0 Å². The van der Waals surface area contributed by atoms with Gasteiger partial charge in [-0.15, -0.1) is 10.2 Å². The number of carbonyl (C=O) groups is 1. The maximum absolute atomic E-state index is 13.4. The van der Waals surface area contributed by atoms with Crippen molar-refractivity contribution < 1.29 is 31.1 Å². The number of alkyl halides is 6. The van der Waals surface area contributed by atoms with Gasteiger partial charge in [-0.2, -0.15) is 26.3 Å². The van der Waals surface area contributed by atoms with E-state index in [-0.39, 0.29) is 33.3 Å². The fraction of sp³-hybridized carbons (Fsp3) is 0.160. The summed E-state index contributed by atoms with van der Waals surface area (Å²) in [6.07, 6.45) is -9.24. The molecule has 5 nitrogen and oxygen atoms in total. The summed E-state index contributed by atoms with van der Waals surface area (Å²) in [7, 11) is 0. The van der Waals surface area contributed by atoms with E-state index in [1.807, 2.05) is 0 Å². The first-order valence-corrected chi connectivity index (χ1v) is 12.7. The summed E-state index contributed by atoms with van der Waals surface area (Å²) < 4.78 is 80.8. The number of thioether (sulfide) groups is 1. The summed E-state index contributed by atoms with van der Waals surface area (Å²) in [5.41, 5.74) is -1.66. The molecule has 3 aromatic carbocycles. The SMILES string of the molecule is O=C(NCc1nnc(SCc2cccc(C(F)(F)F)c2)n1-c1ccc(Cl)c(Cl)c1)c1ccccc1C(F)(F)F. The first-order chi connectivity index (χ1) is 18.3. The molecule has 0 spiro atoms. The molecule has 0 aliphatic carbocycles. The van der Waals surface area contributed by atoms with Crippen molar-refractivity contribution in [2.45, 2.75) is 29.8 Å². The number of halogens is 8. The van der Waals surface area contributed by atoms with E-state index in [0.29, 0.717) is 11.3 Å². The van der Waals surface area contributed by atoms with Crippen molar-refractivity contribution in [2.24, 2.45) is 0 Å². The molecule has 39 heavy (non-hydrogen) atoms. The van der Waals surface area contributed by atoms with Crippen LogP contribution in [-0.2, 0) is 24.7 Å². The van der Waals surface area contributed by atoms with E-state index in [1.165, 1.54) is 41.0 Å². The maximum atomic E-state index is 13.4. The summed E-state index contributed by atoms with van der Waals surface area (Å²) in [6, 6.07) is 13.7. The van der Waals surface area contributed by atoms with E-state index in [9.17, 15) is 31.1 Å². The number of aromatic nitrogens is 3. The van der Waals surface area contributed by atoms with Crippen molar-refractivity contribution in [2.75, 3.05) is 0 Å². The number of hydrogen-bond acceptors (Lipinski definition) is 4. The van der Waals surface area contributed by atoms with Gasteiger partial charge < -0.3 is 5.32 Å². The lowest BCUT2D eigenvalue weighted by Crippen LogP contribution is -2.27. The summed E-state index contributed by atoms with van der Waals surface area (Å²) in [4.78, 5) is 12.7. The molecule has 14 heteroatoms. The molecular weight excluding hydrogens is 589 g/mol. The number of amides is 1. The highest BCUT2D eigenvalue weighted by Crippen LogP contribution is 2.34. The Balaban J connectivity index is 1.62. The Morgan fingerprint density at radius 1 is 0.872 bits per heavy atom. The number of benzene rings is 3. The van der Waals surface area contributed by atoms with Crippen LogP contribution in [0.3, 0.4) is 0 Å². The second-order valence-electron chi connectivity index (χ2n) is 8.05.